The highest BCUT2D eigenvalue weighted by molar-refractivity contribution is 6.38. The van der Waals surface area contributed by atoms with Gasteiger partial charge >= 0.3 is 5.97 Å². The maximum absolute atomic E-state index is 15.6. The van der Waals surface area contributed by atoms with E-state index in [1.165, 1.54) is 11.8 Å². The van der Waals surface area contributed by atoms with Crippen LogP contribution in [-0.2, 0) is 11.3 Å². The summed E-state index contributed by atoms with van der Waals surface area (Å²) in [6, 6.07) is 9.16. The average Bonchev–Trinajstić information content (AvgIpc) is 2.87. The first-order chi connectivity index (χ1) is 18.1. The fourth-order valence-electron chi connectivity index (χ4n) is 4.34. The van der Waals surface area contributed by atoms with Crippen molar-refractivity contribution in [2.24, 2.45) is 0 Å². The van der Waals surface area contributed by atoms with Crippen molar-refractivity contribution in [2.45, 2.75) is 19.6 Å². The van der Waals surface area contributed by atoms with Crippen molar-refractivity contribution in [3.05, 3.63) is 92.0 Å². The zero-order chi connectivity index (χ0) is 27.3. The minimum atomic E-state index is -1.18. The number of nitrogens with zero attached hydrogens (tertiary/aromatic N) is 3. The van der Waals surface area contributed by atoms with Gasteiger partial charge in [-0.25, -0.2) is 22.9 Å². The number of aliphatic hydroxyl groups excluding tert-OH is 1. The van der Waals surface area contributed by atoms with Crippen LogP contribution in [0.2, 0.25) is 5.02 Å². The second-order valence-electron chi connectivity index (χ2n) is 8.85. The van der Waals surface area contributed by atoms with Gasteiger partial charge in [0.15, 0.2) is 29.1 Å². The average molecular weight is 545 g/mol. The number of aryl methyl sites for hydroxylation is 1. The molecule has 12 heteroatoms. The van der Waals surface area contributed by atoms with Crippen molar-refractivity contribution >= 4 is 40.0 Å². The van der Waals surface area contributed by atoms with Crippen molar-refractivity contribution in [1.82, 2.24) is 9.55 Å². The third-order valence-electron chi connectivity index (χ3n) is 6.31. The zero-order valence-electron chi connectivity index (χ0n) is 19.8. The molecule has 0 amide bonds. The predicted octanol–water partition coefficient (Wildman–Crippen LogP) is 3.88. The van der Waals surface area contributed by atoms with Gasteiger partial charge < -0.3 is 20.5 Å². The van der Waals surface area contributed by atoms with Gasteiger partial charge in [0.1, 0.15) is 12.2 Å². The van der Waals surface area contributed by atoms with Crippen LogP contribution in [0.3, 0.4) is 0 Å². The van der Waals surface area contributed by atoms with Crippen molar-refractivity contribution in [1.29, 1.82) is 0 Å². The molecule has 1 saturated heterocycles. The number of nitrogens with two attached hydrogens (primary N) is 1. The molecule has 0 bridgehead atoms. The smallest absolute Gasteiger partial charge is 0.344 e. The molecule has 0 saturated carbocycles. The summed E-state index contributed by atoms with van der Waals surface area (Å²) in [5.41, 5.74) is 4.30. The van der Waals surface area contributed by atoms with Gasteiger partial charge in [-0.3, -0.25) is 9.36 Å². The number of fused-ring (bicyclic) bond motifs is 1. The molecule has 4 aromatic rings. The second-order valence-corrected chi connectivity index (χ2v) is 9.23. The van der Waals surface area contributed by atoms with Crippen LogP contribution in [0.1, 0.15) is 21.5 Å². The first kappa shape index (κ1) is 25.6. The van der Waals surface area contributed by atoms with E-state index in [-0.39, 0.29) is 46.9 Å². The number of β-amino-alcohol motifs (C(OH)–C–C–N with tert-alkyl or cyclic N) is 1. The predicted molar refractivity (Wildman–Crippen MR) is 135 cm³/mol. The summed E-state index contributed by atoms with van der Waals surface area (Å²) < 4.78 is 50.7. The summed E-state index contributed by atoms with van der Waals surface area (Å²) in [6.07, 6.45) is 0.250. The number of anilines is 2. The maximum atomic E-state index is 15.6. The lowest BCUT2D eigenvalue weighted by Crippen LogP contribution is -2.51. The van der Waals surface area contributed by atoms with E-state index in [9.17, 15) is 19.1 Å². The van der Waals surface area contributed by atoms with Gasteiger partial charge in [-0.15, -0.1) is 0 Å². The first-order valence-electron chi connectivity index (χ1n) is 11.4. The molecule has 0 unspecified atom stereocenters. The van der Waals surface area contributed by atoms with Crippen molar-refractivity contribution in [3.63, 3.8) is 0 Å². The lowest BCUT2D eigenvalue weighted by atomic mass is 10.0. The van der Waals surface area contributed by atoms with E-state index in [2.05, 4.69) is 4.98 Å². The zero-order valence-corrected chi connectivity index (χ0v) is 20.6. The Kier molecular flexibility index (Phi) is 6.49. The number of ether oxygens (including phenoxy) is 1. The van der Waals surface area contributed by atoms with Gasteiger partial charge in [0, 0.05) is 30.9 Å². The molecule has 0 spiro atoms. The Labute approximate surface area is 218 Å². The Bertz CT molecular complexity index is 1660. The third kappa shape index (κ3) is 4.23. The number of carbonyl (C=O) groups is 1. The molecule has 38 heavy (non-hydrogen) atoms. The molecule has 1 aliphatic heterocycles. The van der Waals surface area contributed by atoms with Gasteiger partial charge in [0.05, 0.1) is 27.7 Å². The van der Waals surface area contributed by atoms with E-state index in [0.717, 1.165) is 10.8 Å². The van der Waals surface area contributed by atoms with Gasteiger partial charge in [0.2, 0.25) is 5.43 Å². The number of hydrogen-bond acceptors (Lipinski definition) is 7. The van der Waals surface area contributed by atoms with Gasteiger partial charge in [-0.2, -0.15) is 0 Å². The maximum Gasteiger partial charge on any atom is 0.344 e. The number of halogens is 4. The lowest BCUT2D eigenvalue weighted by molar-refractivity contribution is 0.0470. The van der Waals surface area contributed by atoms with Gasteiger partial charge in [-0.1, -0.05) is 41.9 Å². The number of benzene rings is 2. The summed E-state index contributed by atoms with van der Waals surface area (Å²) >= 11 is 6.60. The van der Waals surface area contributed by atoms with Crippen LogP contribution in [0.4, 0.5) is 24.7 Å². The summed E-state index contributed by atoms with van der Waals surface area (Å²) in [7, 11) is 0. The van der Waals surface area contributed by atoms with Crippen LogP contribution < -0.4 is 16.1 Å². The minimum Gasteiger partial charge on any atom is -0.457 e. The molecule has 1 aliphatic rings. The van der Waals surface area contributed by atoms with E-state index in [4.69, 9.17) is 22.1 Å². The minimum absolute atomic E-state index is 0.0752. The SMILES string of the molecule is Cc1c(F)c(N2CC(O)C2)c(Cl)c2c1c(=O)c(C(=O)OCc1ccccc1)cn2-c1nc(N)c(F)cc1F. The number of nitrogen functional groups attached to an aromatic ring is 1. The monoisotopic (exact) mass is 544 g/mol. The molecule has 8 nitrogen and oxygen atoms in total. The summed E-state index contributed by atoms with van der Waals surface area (Å²) in [4.78, 5) is 31.8. The highest BCUT2D eigenvalue weighted by Gasteiger charge is 2.33. The third-order valence-corrected chi connectivity index (χ3v) is 6.67. The lowest BCUT2D eigenvalue weighted by Gasteiger charge is -2.39. The van der Waals surface area contributed by atoms with E-state index in [1.807, 2.05) is 0 Å². The summed E-state index contributed by atoms with van der Waals surface area (Å²) in [6.45, 7) is 1.29. The Balaban J connectivity index is 1.77. The van der Waals surface area contributed by atoms with Crippen LogP contribution in [0.5, 0.6) is 0 Å². The Morgan fingerprint density at radius 1 is 1.21 bits per heavy atom. The molecule has 0 aliphatic carbocycles. The summed E-state index contributed by atoms with van der Waals surface area (Å²) in [5.74, 6) is -5.43. The first-order valence-corrected chi connectivity index (χ1v) is 11.8. The van der Waals surface area contributed by atoms with Crippen LogP contribution in [0, 0.1) is 24.4 Å². The van der Waals surface area contributed by atoms with E-state index in [0.29, 0.717) is 11.6 Å². The number of esters is 1. The molecule has 0 radical (unpaired) electrons. The molecule has 3 heterocycles. The quantitative estimate of drug-likeness (QED) is 0.367. The highest BCUT2D eigenvalue weighted by atomic mass is 35.5. The standard InChI is InChI=1S/C26H20ClF3N4O4/c1-12-18-21(19(27)22(20(12)30)33-8-14(35)9-33)34(25-17(29)7-16(28)24(31)32-25)10-15(23(18)36)26(37)38-11-13-5-3-2-4-6-13/h2-7,10,14,35H,8-9,11H2,1H3,(H2,31,32). The van der Waals surface area contributed by atoms with Crippen molar-refractivity contribution in [2.75, 3.05) is 23.7 Å². The molecule has 2 aromatic heterocycles. The molecular weight excluding hydrogens is 525 g/mol. The van der Waals surface area contributed by atoms with Crippen LogP contribution in [0.25, 0.3) is 16.7 Å². The number of aromatic nitrogens is 2. The molecule has 5 rings (SSSR count). The van der Waals surface area contributed by atoms with Crippen molar-refractivity contribution < 1.29 is 27.8 Å². The van der Waals surface area contributed by atoms with Crippen molar-refractivity contribution in [3.8, 4) is 5.82 Å². The van der Waals surface area contributed by atoms with E-state index in [1.54, 1.807) is 30.3 Å². The fourth-order valence-corrected chi connectivity index (χ4v) is 4.73. The molecule has 196 valence electrons. The number of carbonyl (C=O) groups excluding carboxylic acids is 1. The topological polar surface area (TPSA) is 111 Å². The van der Waals surface area contributed by atoms with E-state index >= 15 is 8.78 Å². The Hall–Kier alpha value is -4.09. The molecular formula is C26H20ClF3N4O4. The van der Waals surface area contributed by atoms with Crippen LogP contribution in [0.15, 0.2) is 47.4 Å². The highest BCUT2D eigenvalue weighted by Crippen LogP contribution is 2.40. The Morgan fingerprint density at radius 2 is 1.89 bits per heavy atom. The van der Waals surface area contributed by atoms with Gasteiger partial charge in [0.25, 0.3) is 0 Å². The largest absolute Gasteiger partial charge is 0.457 e. The Morgan fingerprint density at radius 3 is 2.55 bits per heavy atom. The van der Waals surface area contributed by atoms with Crippen LogP contribution in [-0.4, -0.2) is 39.8 Å². The van der Waals surface area contributed by atoms with Crippen LogP contribution >= 0.6 is 11.6 Å². The number of rotatable bonds is 5. The molecule has 1 fully saturated rings. The molecule has 2 aromatic carbocycles. The van der Waals surface area contributed by atoms with Gasteiger partial charge in [-0.05, 0) is 12.5 Å². The normalized spacial score (nSPS) is 13.6. The van der Waals surface area contributed by atoms with E-state index < -0.39 is 52.2 Å². The number of hydrogen-bond donors (Lipinski definition) is 2. The second kappa shape index (κ2) is 9.66. The summed E-state index contributed by atoms with van der Waals surface area (Å²) in [5, 5.41) is 9.11. The number of aliphatic hydroxyl groups is 1. The molecule has 3 N–H and O–H groups in total. The molecule has 0 atom stereocenters. The number of pyridine rings is 2. The fraction of sp³-hybridized carbons (Fsp3) is 0.192.